The monoisotopic (exact) mass is 317 g/mol. The summed E-state index contributed by atoms with van der Waals surface area (Å²) in [4.78, 5) is 22.2. The van der Waals surface area contributed by atoms with Crippen molar-refractivity contribution in [3.63, 3.8) is 0 Å². The van der Waals surface area contributed by atoms with Crippen molar-refractivity contribution in [2.45, 2.75) is 18.2 Å². The topological polar surface area (TPSA) is 141 Å². The van der Waals surface area contributed by atoms with Gasteiger partial charge < -0.3 is 10.2 Å². The molecule has 1 aliphatic heterocycles. The standard InChI is InChI=1S/C11H15N3O6S/c1-6-9(4-12-13-6)21(19,20)14-3-2-7(10(15)16)8(5-14)11(17)18/h4,7-8H,2-3,5H2,1H3,(H,12,13)(H,15,16)(H,17,18). The molecule has 0 aromatic carbocycles. The Morgan fingerprint density at radius 2 is 1.95 bits per heavy atom. The highest BCUT2D eigenvalue weighted by molar-refractivity contribution is 7.89. The van der Waals surface area contributed by atoms with Crippen molar-refractivity contribution in [2.24, 2.45) is 11.8 Å². The van der Waals surface area contributed by atoms with Crippen LogP contribution in [-0.4, -0.2) is 58.2 Å². The molecule has 1 saturated heterocycles. The molecule has 2 unspecified atom stereocenters. The molecule has 1 fully saturated rings. The van der Waals surface area contributed by atoms with Crippen LogP contribution in [0.4, 0.5) is 0 Å². The number of aryl methyl sites for hydroxylation is 1. The van der Waals surface area contributed by atoms with Crippen molar-refractivity contribution in [3.8, 4) is 0 Å². The number of rotatable bonds is 4. The number of aliphatic carboxylic acids is 2. The molecule has 2 heterocycles. The quantitative estimate of drug-likeness (QED) is 0.680. The average molecular weight is 317 g/mol. The van der Waals surface area contributed by atoms with Gasteiger partial charge in [-0.2, -0.15) is 9.40 Å². The highest BCUT2D eigenvalue weighted by atomic mass is 32.2. The Morgan fingerprint density at radius 3 is 2.43 bits per heavy atom. The second kappa shape index (κ2) is 5.45. The van der Waals surface area contributed by atoms with Gasteiger partial charge in [-0.25, -0.2) is 8.42 Å². The number of hydrogen-bond donors (Lipinski definition) is 3. The van der Waals surface area contributed by atoms with Gasteiger partial charge in [0.2, 0.25) is 10.0 Å². The molecule has 2 atom stereocenters. The van der Waals surface area contributed by atoms with Crippen molar-refractivity contribution in [3.05, 3.63) is 11.9 Å². The van der Waals surface area contributed by atoms with Gasteiger partial charge >= 0.3 is 11.9 Å². The molecule has 116 valence electrons. The summed E-state index contributed by atoms with van der Waals surface area (Å²) >= 11 is 0. The first-order chi connectivity index (χ1) is 9.75. The lowest BCUT2D eigenvalue weighted by Gasteiger charge is -2.33. The Morgan fingerprint density at radius 1 is 1.33 bits per heavy atom. The molecule has 9 nitrogen and oxygen atoms in total. The average Bonchev–Trinajstić information content (AvgIpc) is 2.84. The van der Waals surface area contributed by atoms with Crippen molar-refractivity contribution in [2.75, 3.05) is 13.1 Å². The van der Waals surface area contributed by atoms with E-state index in [1.807, 2.05) is 0 Å². The van der Waals surface area contributed by atoms with E-state index in [0.717, 1.165) is 10.5 Å². The van der Waals surface area contributed by atoms with E-state index in [0.29, 0.717) is 5.69 Å². The first kappa shape index (κ1) is 15.4. The number of aromatic nitrogens is 2. The maximum Gasteiger partial charge on any atom is 0.308 e. The van der Waals surface area contributed by atoms with Crippen molar-refractivity contribution >= 4 is 22.0 Å². The van der Waals surface area contributed by atoms with Gasteiger partial charge in [0.25, 0.3) is 0 Å². The summed E-state index contributed by atoms with van der Waals surface area (Å²) in [5.74, 6) is -4.89. The Bertz CT molecular complexity index is 667. The third kappa shape index (κ3) is 2.76. The number of H-pyrrole nitrogens is 1. The Balaban J connectivity index is 2.29. The highest BCUT2D eigenvalue weighted by Gasteiger charge is 2.42. The Labute approximate surface area is 120 Å². The zero-order chi connectivity index (χ0) is 15.8. The SMILES string of the molecule is Cc1[nH]ncc1S(=O)(=O)N1CCC(C(=O)O)C(C(=O)O)C1. The minimum atomic E-state index is -3.88. The van der Waals surface area contributed by atoms with Crippen LogP contribution in [0.3, 0.4) is 0 Å². The first-order valence-electron chi connectivity index (χ1n) is 6.21. The van der Waals surface area contributed by atoms with Gasteiger partial charge in [0.1, 0.15) is 4.90 Å². The minimum absolute atomic E-state index is 0.0274. The van der Waals surface area contributed by atoms with E-state index < -0.39 is 33.8 Å². The molecule has 0 saturated carbocycles. The summed E-state index contributed by atoms with van der Waals surface area (Å²) in [6, 6.07) is 0. The maximum atomic E-state index is 12.4. The van der Waals surface area contributed by atoms with E-state index in [4.69, 9.17) is 10.2 Å². The molecule has 0 radical (unpaired) electrons. The summed E-state index contributed by atoms with van der Waals surface area (Å²) in [6.45, 7) is 1.14. The van der Waals surface area contributed by atoms with Gasteiger partial charge in [-0.05, 0) is 13.3 Å². The summed E-state index contributed by atoms with van der Waals surface area (Å²) in [6.07, 6.45) is 1.12. The lowest BCUT2D eigenvalue weighted by atomic mass is 9.86. The number of carboxylic acid groups (broad SMARTS) is 2. The Kier molecular flexibility index (Phi) is 4.01. The largest absolute Gasteiger partial charge is 0.481 e. The van der Waals surface area contributed by atoms with Crippen LogP contribution in [0.2, 0.25) is 0 Å². The van der Waals surface area contributed by atoms with Gasteiger partial charge in [-0.1, -0.05) is 0 Å². The molecule has 10 heteroatoms. The highest BCUT2D eigenvalue weighted by Crippen LogP contribution is 2.29. The zero-order valence-electron chi connectivity index (χ0n) is 11.2. The van der Waals surface area contributed by atoms with E-state index in [1.165, 1.54) is 0 Å². The number of nitrogens with one attached hydrogen (secondary N) is 1. The summed E-state index contributed by atoms with van der Waals surface area (Å²) in [5, 5.41) is 24.3. The zero-order valence-corrected chi connectivity index (χ0v) is 12.0. The van der Waals surface area contributed by atoms with E-state index >= 15 is 0 Å². The smallest absolute Gasteiger partial charge is 0.308 e. The number of aromatic amines is 1. The summed E-state index contributed by atoms with van der Waals surface area (Å²) in [5.41, 5.74) is 0.349. The van der Waals surface area contributed by atoms with Gasteiger partial charge in [-0.3, -0.25) is 14.7 Å². The molecule has 3 N–H and O–H groups in total. The fraction of sp³-hybridized carbons (Fsp3) is 0.545. The first-order valence-corrected chi connectivity index (χ1v) is 7.65. The molecule has 0 bridgehead atoms. The molecule has 1 aromatic rings. The lowest BCUT2D eigenvalue weighted by Crippen LogP contribution is -2.48. The van der Waals surface area contributed by atoms with E-state index in [2.05, 4.69) is 10.2 Å². The number of hydrogen-bond acceptors (Lipinski definition) is 5. The van der Waals surface area contributed by atoms with Crippen LogP contribution in [0.15, 0.2) is 11.1 Å². The van der Waals surface area contributed by atoms with Crippen LogP contribution in [0.25, 0.3) is 0 Å². The number of sulfonamides is 1. The van der Waals surface area contributed by atoms with Crippen molar-refractivity contribution < 1.29 is 28.2 Å². The summed E-state index contributed by atoms with van der Waals surface area (Å²) in [7, 11) is -3.88. The van der Waals surface area contributed by atoms with Crippen LogP contribution in [-0.2, 0) is 19.6 Å². The molecule has 0 aliphatic carbocycles. The van der Waals surface area contributed by atoms with Gasteiger partial charge in [-0.15, -0.1) is 0 Å². The van der Waals surface area contributed by atoms with Crippen LogP contribution in [0.1, 0.15) is 12.1 Å². The molecule has 0 amide bonds. The molecule has 21 heavy (non-hydrogen) atoms. The molecule has 2 rings (SSSR count). The van der Waals surface area contributed by atoms with Crippen LogP contribution in [0.5, 0.6) is 0 Å². The fourth-order valence-electron chi connectivity index (χ4n) is 2.43. The third-order valence-corrected chi connectivity index (χ3v) is 5.59. The predicted octanol–water partition coefficient (Wildman–Crippen LogP) is -0.486. The maximum absolute atomic E-state index is 12.4. The number of carboxylic acids is 2. The molecule has 1 aromatic heterocycles. The fourth-order valence-corrected chi connectivity index (χ4v) is 4.02. The van der Waals surface area contributed by atoms with E-state index in [-0.39, 0.29) is 24.4 Å². The molecule has 0 spiro atoms. The molecular formula is C11H15N3O6S. The van der Waals surface area contributed by atoms with Crippen molar-refractivity contribution in [1.82, 2.24) is 14.5 Å². The van der Waals surface area contributed by atoms with E-state index in [1.54, 1.807) is 6.92 Å². The molecular weight excluding hydrogens is 302 g/mol. The van der Waals surface area contributed by atoms with Gasteiger partial charge in [0, 0.05) is 13.1 Å². The summed E-state index contributed by atoms with van der Waals surface area (Å²) < 4.78 is 25.9. The Hall–Kier alpha value is -1.94. The second-order valence-corrected chi connectivity index (χ2v) is 6.81. The minimum Gasteiger partial charge on any atom is -0.481 e. The lowest BCUT2D eigenvalue weighted by molar-refractivity contribution is -0.156. The number of nitrogens with zero attached hydrogens (tertiary/aromatic N) is 2. The number of carbonyl (C=O) groups is 2. The van der Waals surface area contributed by atoms with Crippen LogP contribution >= 0.6 is 0 Å². The second-order valence-electron chi connectivity index (χ2n) is 4.90. The third-order valence-electron chi connectivity index (χ3n) is 3.61. The van der Waals surface area contributed by atoms with Gasteiger partial charge in [0.15, 0.2) is 0 Å². The van der Waals surface area contributed by atoms with Crippen LogP contribution < -0.4 is 0 Å². The van der Waals surface area contributed by atoms with Gasteiger partial charge in [0.05, 0.1) is 23.7 Å². The molecule has 1 aliphatic rings. The number of piperidine rings is 1. The van der Waals surface area contributed by atoms with Crippen molar-refractivity contribution in [1.29, 1.82) is 0 Å². The van der Waals surface area contributed by atoms with E-state index in [9.17, 15) is 18.0 Å². The van der Waals surface area contributed by atoms with Crippen LogP contribution in [0, 0.1) is 18.8 Å². The predicted molar refractivity (Wildman–Crippen MR) is 69.0 cm³/mol. The normalized spacial score (nSPS) is 23.9.